The molecule has 0 radical (unpaired) electrons. The third kappa shape index (κ3) is 6.03. The molecule has 0 aliphatic carbocycles. The Balaban J connectivity index is 1.71. The standard InChI is InChI=1S/C22H26FN5/c1-28(2)15-14-25-21-16-20(24-13-12-17-8-10-19(23)11-9-17)26-22(27-21)18-6-4-3-5-7-18/h3-11,16H,12-15H2,1-2H3,(H2,24,25,26,27). The molecule has 2 N–H and O–H groups in total. The summed E-state index contributed by atoms with van der Waals surface area (Å²) < 4.78 is 13.0. The van der Waals surface area contributed by atoms with Gasteiger partial charge in [-0.1, -0.05) is 42.5 Å². The number of likely N-dealkylation sites (N-methyl/N-ethyl adjacent to an activating group) is 1. The van der Waals surface area contributed by atoms with Crippen LogP contribution in [0.5, 0.6) is 0 Å². The minimum absolute atomic E-state index is 0.214. The zero-order valence-electron chi connectivity index (χ0n) is 16.3. The van der Waals surface area contributed by atoms with Gasteiger partial charge in [-0.3, -0.25) is 0 Å². The summed E-state index contributed by atoms with van der Waals surface area (Å²) in [5, 5.41) is 6.73. The van der Waals surface area contributed by atoms with Gasteiger partial charge in [0.1, 0.15) is 17.5 Å². The first-order valence-electron chi connectivity index (χ1n) is 9.41. The van der Waals surface area contributed by atoms with Gasteiger partial charge < -0.3 is 15.5 Å². The topological polar surface area (TPSA) is 53.1 Å². The first-order chi connectivity index (χ1) is 13.6. The second-order valence-corrected chi connectivity index (χ2v) is 6.86. The number of halogens is 1. The molecule has 28 heavy (non-hydrogen) atoms. The van der Waals surface area contributed by atoms with Gasteiger partial charge in [-0.2, -0.15) is 0 Å². The largest absolute Gasteiger partial charge is 0.370 e. The molecule has 0 unspecified atom stereocenters. The third-order valence-corrected chi connectivity index (χ3v) is 4.26. The van der Waals surface area contributed by atoms with Crippen molar-refractivity contribution in [2.45, 2.75) is 6.42 Å². The number of nitrogens with one attached hydrogen (secondary N) is 2. The van der Waals surface area contributed by atoms with E-state index in [1.165, 1.54) is 12.1 Å². The van der Waals surface area contributed by atoms with E-state index in [2.05, 4.69) is 25.5 Å². The Kier molecular flexibility index (Phi) is 6.92. The van der Waals surface area contributed by atoms with E-state index in [-0.39, 0.29) is 5.82 Å². The zero-order valence-corrected chi connectivity index (χ0v) is 16.3. The van der Waals surface area contributed by atoms with Crippen molar-refractivity contribution in [1.82, 2.24) is 14.9 Å². The van der Waals surface area contributed by atoms with Gasteiger partial charge in [0.05, 0.1) is 0 Å². The van der Waals surface area contributed by atoms with E-state index in [1.54, 1.807) is 12.1 Å². The monoisotopic (exact) mass is 379 g/mol. The Bertz CT molecular complexity index is 866. The van der Waals surface area contributed by atoms with Crippen LogP contribution in [0.15, 0.2) is 60.7 Å². The van der Waals surface area contributed by atoms with Crippen LogP contribution in [0, 0.1) is 5.82 Å². The number of nitrogens with zero attached hydrogens (tertiary/aromatic N) is 3. The second-order valence-electron chi connectivity index (χ2n) is 6.86. The Hall–Kier alpha value is -2.99. The van der Waals surface area contributed by atoms with Gasteiger partial charge in [0.15, 0.2) is 5.82 Å². The van der Waals surface area contributed by atoms with Crippen molar-refractivity contribution in [2.75, 3.05) is 44.4 Å². The summed E-state index contributed by atoms with van der Waals surface area (Å²) in [7, 11) is 4.08. The van der Waals surface area contributed by atoms with Crippen LogP contribution >= 0.6 is 0 Å². The lowest BCUT2D eigenvalue weighted by Gasteiger charge is -2.13. The van der Waals surface area contributed by atoms with Gasteiger partial charge >= 0.3 is 0 Å². The van der Waals surface area contributed by atoms with E-state index >= 15 is 0 Å². The quantitative estimate of drug-likeness (QED) is 0.590. The fraction of sp³-hybridized carbons (Fsp3) is 0.273. The van der Waals surface area contributed by atoms with Crippen LogP contribution in [0.4, 0.5) is 16.0 Å². The highest BCUT2D eigenvalue weighted by molar-refractivity contribution is 5.61. The molecule has 1 aromatic heterocycles. The summed E-state index contributed by atoms with van der Waals surface area (Å²) >= 11 is 0. The van der Waals surface area contributed by atoms with Gasteiger partial charge in [-0.05, 0) is 38.2 Å². The summed E-state index contributed by atoms with van der Waals surface area (Å²) in [6.07, 6.45) is 0.786. The minimum Gasteiger partial charge on any atom is -0.370 e. The smallest absolute Gasteiger partial charge is 0.163 e. The maximum Gasteiger partial charge on any atom is 0.163 e. The van der Waals surface area contributed by atoms with Crippen molar-refractivity contribution in [3.63, 3.8) is 0 Å². The van der Waals surface area contributed by atoms with Crippen molar-refractivity contribution in [3.05, 3.63) is 72.0 Å². The Morgan fingerprint density at radius 3 is 2.14 bits per heavy atom. The van der Waals surface area contributed by atoms with Crippen LogP contribution < -0.4 is 10.6 Å². The molecular weight excluding hydrogens is 353 g/mol. The lowest BCUT2D eigenvalue weighted by molar-refractivity contribution is 0.425. The molecule has 2 aromatic carbocycles. The molecule has 0 fully saturated rings. The Morgan fingerprint density at radius 1 is 0.857 bits per heavy atom. The van der Waals surface area contributed by atoms with Crippen LogP contribution in [0.3, 0.4) is 0 Å². The first-order valence-corrected chi connectivity index (χ1v) is 9.41. The number of anilines is 2. The highest BCUT2D eigenvalue weighted by atomic mass is 19.1. The van der Waals surface area contributed by atoms with Crippen molar-refractivity contribution < 1.29 is 4.39 Å². The maximum absolute atomic E-state index is 13.0. The number of aromatic nitrogens is 2. The molecule has 0 bridgehead atoms. The molecule has 3 rings (SSSR count). The van der Waals surface area contributed by atoms with E-state index in [9.17, 15) is 4.39 Å². The molecule has 0 spiro atoms. The summed E-state index contributed by atoms with van der Waals surface area (Å²) in [5.74, 6) is 2.02. The van der Waals surface area contributed by atoms with Crippen LogP contribution in [0.25, 0.3) is 11.4 Å². The molecule has 0 aliphatic rings. The summed E-state index contributed by atoms with van der Waals surface area (Å²) in [4.78, 5) is 11.4. The highest BCUT2D eigenvalue weighted by Crippen LogP contribution is 2.20. The number of benzene rings is 2. The van der Waals surface area contributed by atoms with E-state index in [4.69, 9.17) is 0 Å². The molecule has 0 aliphatic heterocycles. The summed E-state index contributed by atoms with van der Waals surface area (Å²) in [5.41, 5.74) is 2.05. The predicted octanol–water partition coefficient (Wildman–Crippen LogP) is 3.91. The molecule has 5 nitrogen and oxygen atoms in total. The van der Waals surface area contributed by atoms with Gasteiger partial charge in [-0.15, -0.1) is 0 Å². The molecule has 0 saturated carbocycles. The van der Waals surface area contributed by atoms with Gasteiger partial charge in [0, 0.05) is 31.3 Å². The maximum atomic E-state index is 13.0. The van der Waals surface area contributed by atoms with Crippen molar-refractivity contribution in [3.8, 4) is 11.4 Å². The highest BCUT2D eigenvalue weighted by Gasteiger charge is 2.07. The van der Waals surface area contributed by atoms with Crippen LogP contribution in [-0.2, 0) is 6.42 Å². The van der Waals surface area contributed by atoms with Gasteiger partial charge in [0.2, 0.25) is 0 Å². The number of rotatable bonds is 9. The predicted molar refractivity (Wildman–Crippen MR) is 113 cm³/mol. The third-order valence-electron chi connectivity index (χ3n) is 4.26. The Labute approximate surface area is 165 Å². The molecule has 0 amide bonds. The summed E-state index contributed by atoms with van der Waals surface area (Å²) in [6.45, 7) is 2.42. The minimum atomic E-state index is -0.214. The molecule has 0 atom stereocenters. The molecule has 0 saturated heterocycles. The van der Waals surface area contributed by atoms with E-state index in [1.807, 2.05) is 50.5 Å². The average Bonchev–Trinajstić information content (AvgIpc) is 2.70. The van der Waals surface area contributed by atoms with Gasteiger partial charge in [0.25, 0.3) is 0 Å². The lowest BCUT2D eigenvalue weighted by atomic mass is 10.1. The fourth-order valence-electron chi connectivity index (χ4n) is 2.74. The SMILES string of the molecule is CN(C)CCNc1cc(NCCc2ccc(F)cc2)nc(-c2ccccc2)n1. The summed E-state index contributed by atoms with van der Waals surface area (Å²) in [6, 6.07) is 18.4. The van der Waals surface area contributed by atoms with Crippen LogP contribution in [0.2, 0.25) is 0 Å². The van der Waals surface area contributed by atoms with E-state index in [0.29, 0.717) is 12.4 Å². The molecule has 6 heteroatoms. The molecular formula is C22H26FN5. The van der Waals surface area contributed by atoms with E-state index in [0.717, 1.165) is 42.3 Å². The number of hydrogen-bond acceptors (Lipinski definition) is 5. The lowest BCUT2D eigenvalue weighted by Crippen LogP contribution is -2.21. The van der Waals surface area contributed by atoms with Crippen LogP contribution in [0.1, 0.15) is 5.56 Å². The first kappa shape index (κ1) is 19.8. The van der Waals surface area contributed by atoms with Crippen molar-refractivity contribution >= 4 is 11.6 Å². The Morgan fingerprint density at radius 2 is 1.50 bits per heavy atom. The van der Waals surface area contributed by atoms with Crippen molar-refractivity contribution in [1.29, 1.82) is 0 Å². The van der Waals surface area contributed by atoms with Crippen LogP contribution in [-0.4, -0.2) is 48.6 Å². The van der Waals surface area contributed by atoms with Crippen molar-refractivity contribution in [2.24, 2.45) is 0 Å². The molecule has 3 aromatic rings. The number of hydrogen-bond donors (Lipinski definition) is 2. The van der Waals surface area contributed by atoms with E-state index < -0.39 is 0 Å². The average molecular weight is 379 g/mol. The zero-order chi connectivity index (χ0) is 19.8. The molecule has 1 heterocycles. The second kappa shape index (κ2) is 9.80. The fourth-order valence-corrected chi connectivity index (χ4v) is 2.74. The molecule has 146 valence electrons. The van der Waals surface area contributed by atoms with Gasteiger partial charge in [-0.25, -0.2) is 14.4 Å². The normalized spacial score (nSPS) is 10.9.